The van der Waals surface area contributed by atoms with Gasteiger partial charge in [-0.05, 0) is 52.6 Å². The van der Waals surface area contributed by atoms with Gasteiger partial charge in [-0.2, -0.15) is 0 Å². The molecular weight excluding hydrogens is 278 g/mol. The van der Waals surface area contributed by atoms with Crippen molar-refractivity contribution in [2.45, 2.75) is 26.8 Å². The Hall–Kier alpha value is -1.75. The third-order valence-corrected chi connectivity index (χ3v) is 3.70. The van der Waals surface area contributed by atoms with E-state index in [1.54, 1.807) is 4.90 Å². The van der Waals surface area contributed by atoms with E-state index in [4.69, 9.17) is 4.74 Å². The second-order valence-corrected chi connectivity index (χ2v) is 5.34. The lowest BCUT2D eigenvalue weighted by molar-refractivity contribution is 0.197. The number of likely N-dealkylation sites (N-methyl/N-ethyl adjacent to an activating group) is 1. The van der Waals surface area contributed by atoms with Crippen LogP contribution in [-0.2, 0) is 0 Å². The van der Waals surface area contributed by atoms with Gasteiger partial charge in [0.2, 0.25) is 0 Å². The Morgan fingerprint density at radius 1 is 1.14 bits per heavy atom. The standard InChI is InChI=1S/C17H29N3O2/c1-6-20(7-2)17(21)18-13-16(19(4)5)14-9-11-15(12-10-14)22-8-3/h9-12,16H,6-8,13H2,1-5H3,(H,18,21). The third-order valence-electron chi connectivity index (χ3n) is 3.70. The molecule has 5 nitrogen and oxygen atoms in total. The summed E-state index contributed by atoms with van der Waals surface area (Å²) in [7, 11) is 4.04. The van der Waals surface area contributed by atoms with Gasteiger partial charge in [-0.3, -0.25) is 0 Å². The SMILES string of the molecule is CCOc1ccc(C(CNC(=O)N(CC)CC)N(C)C)cc1. The molecule has 1 rings (SSSR count). The van der Waals surface area contributed by atoms with Crippen molar-refractivity contribution in [1.82, 2.24) is 15.1 Å². The Labute approximate surface area is 134 Å². The fraction of sp³-hybridized carbons (Fsp3) is 0.588. The lowest BCUT2D eigenvalue weighted by Crippen LogP contribution is -2.43. The Bertz CT molecular complexity index is 442. The number of amides is 2. The van der Waals surface area contributed by atoms with Gasteiger partial charge in [-0.15, -0.1) is 0 Å². The minimum Gasteiger partial charge on any atom is -0.494 e. The van der Waals surface area contributed by atoms with Crippen LogP contribution >= 0.6 is 0 Å². The molecule has 0 aliphatic rings. The summed E-state index contributed by atoms with van der Waals surface area (Å²) in [5.74, 6) is 0.871. The number of nitrogens with one attached hydrogen (secondary N) is 1. The summed E-state index contributed by atoms with van der Waals surface area (Å²) in [6, 6.07) is 8.18. The van der Waals surface area contributed by atoms with Crippen LogP contribution in [0, 0.1) is 0 Å². The molecule has 0 saturated heterocycles. The van der Waals surface area contributed by atoms with Gasteiger partial charge in [-0.1, -0.05) is 12.1 Å². The van der Waals surface area contributed by atoms with Crippen molar-refractivity contribution in [2.75, 3.05) is 40.3 Å². The second-order valence-electron chi connectivity index (χ2n) is 5.34. The Balaban J connectivity index is 2.71. The van der Waals surface area contributed by atoms with Crippen LogP contribution in [-0.4, -0.2) is 56.2 Å². The topological polar surface area (TPSA) is 44.8 Å². The zero-order valence-electron chi connectivity index (χ0n) is 14.4. The Kier molecular flexibility index (Phi) is 7.74. The van der Waals surface area contributed by atoms with Crippen molar-refractivity contribution < 1.29 is 9.53 Å². The van der Waals surface area contributed by atoms with Crippen LogP contribution in [0.4, 0.5) is 4.79 Å². The highest BCUT2D eigenvalue weighted by molar-refractivity contribution is 5.74. The predicted octanol–water partition coefficient (Wildman–Crippen LogP) is 2.74. The summed E-state index contributed by atoms with van der Waals surface area (Å²) in [5.41, 5.74) is 1.16. The van der Waals surface area contributed by atoms with Gasteiger partial charge in [0, 0.05) is 19.6 Å². The number of urea groups is 1. The van der Waals surface area contributed by atoms with Crippen molar-refractivity contribution in [3.05, 3.63) is 29.8 Å². The smallest absolute Gasteiger partial charge is 0.317 e. The van der Waals surface area contributed by atoms with Crippen LogP contribution in [0.5, 0.6) is 5.75 Å². The number of carbonyl (C=O) groups is 1. The molecule has 0 bridgehead atoms. The number of hydrogen-bond acceptors (Lipinski definition) is 3. The van der Waals surface area contributed by atoms with Crippen molar-refractivity contribution in [3.63, 3.8) is 0 Å². The van der Waals surface area contributed by atoms with E-state index < -0.39 is 0 Å². The highest BCUT2D eigenvalue weighted by Gasteiger charge is 2.17. The van der Waals surface area contributed by atoms with Crippen molar-refractivity contribution in [3.8, 4) is 5.75 Å². The molecule has 124 valence electrons. The molecule has 1 aromatic rings. The summed E-state index contributed by atoms with van der Waals surface area (Å²) >= 11 is 0. The van der Waals surface area contributed by atoms with Crippen LogP contribution in [0.1, 0.15) is 32.4 Å². The van der Waals surface area contributed by atoms with Crippen LogP contribution in [0.2, 0.25) is 0 Å². The van der Waals surface area contributed by atoms with Gasteiger partial charge in [0.25, 0.3) is 0 Å². The molecule has 0 fully saturated rings. The van der Waals surface area contributed by atoms with Crippen molar-refractivity contribution in [1.29, 1.82) is 0 Å². The molecule has 1 atom stereocenters. The average Bonchev–Trinajstić information content (AvgIpc) is 2.50. The summed E-state index contributed by atoms with van der Waals surface area (Å²) in [5, 5.41) is 3.02. The molecule has 5 heteroatoms. The van der Waals surface area contributed by atoms with Crippen molar-refractivity contribution in [2.24, 2.45) is 0 Å². The molecule has 0 spiro atoms. The van der Waals surface area contributed by atoms with E-state index in [2.05, 4.69) is 22.3 Å². The number of benzene rings is 1. The quantitative estimate of drug-likeness (QED) is 0.803. The molecule has 0 saturated carbocycles. The largest absolute Gasteiger partial charge is 0.494 e. The zero-order valence-corrected chi connectivity index (χ0v) is 14.4. The van der Waals surface area contributed by atoms with Gasteiger partial charge in [-0.25, -0.2) is 4.79 Å². The minimum atomic E-state index is -0.0113. The zero-order chi connectivity index (χ0) is 16.5. The summed E-state index contributed by atoms with van der Waals surface area (Å²) < 4.78 is 5.47. The maximum atomic E-state index is 12.1. The first-order chi connectivity index (χ1) is 10.5. The highest BCUT2D eigenvalue weighted by atomic mass is 16.5. The number of carbonyl (C=O) groups excluding carboxylic acids is 1. The van der Waals surface area contributed by atoms with E-state index in [9.17, 15) is 4.79 Å². The monoisotopic (exact) mass is 307 g/mol. The summed E-state index contributed by atoms with van der Waals surface area (Å²) in [6.07, 6.45) is 0. The lowest BCUT2D eigenvalue weighted by Gasteiger charge is -2.27. The maximum absolute atomic E-state index is 12.1. The highest BCUT2D eigenvalue weighted by Crippen LogP contribution is 2.21. The number of ether oxygens (including phenoxy) is 1. The van der Waals surface area contributed by atoms with E-state index in [0.29, 0.717) is 13.2 Å². The van der Waals surface area contributed by atoms with Crippen LogP contribution in [0.3, 0.4) is 0 Å². The second kappa shape index (κ2) is 9.30. The van der Waals surface area contributed by atoms with Gasteiger partial charge < -0.3 is 19.9 Å². The number of hydrogen-bond donors (Lipinski definition) is 1. The summed E-state index contributed by atoms with van der Waals surface area (Å²) in [4.78, 5) is 16.0. The van der Waals surface area contributed by atoms with Crippen molar-refractivity contribution >= 4 is 6.03 Å². The van der Waals surface area contributed by atoms with E-state index in [-0.39, 0.29) is 12.1 Å². The Morgan fingerprint density at radius 3 is 2.18 bits per heavy atom. The van der Waals surface area contributed by atoms with E-state index in [1.807, 2.05) is 47.0 Å². The van der Waals surface area contributed by atoms with Gasteiger partial charge in [0.1, 0.15) is 5.75 Å². The summed E-state index contributed by atoms with van der Waals surface area (Å²) in [6.45, 7) is 8.62. The third kappa shape index (κ3) is 5.22. The molecule has 0 aromatic heterocycles. The first-order valence-electron chi connectivity index (χ1n) is 7.95. The predicted molar refractivity (Wildman–Crippen MR) is 90.4 cm³/mol. The first kappa shape index (κ1) is 18.3. The van der Waals surface area contributed by atoms with E-state index in [0.717, 1.165) is 24.4 Å². The first-order valence-corrected chi connectivity index (χ1v) is 7.95. The normalized spacial score (nSPS) is 12.1. The Morgan fingerprint density at radius 2 is 1.73 bits per heavy atom. The average molecular weight is 307 g/mol. The lowest BCUT2D eigenvalue weighted by atomic mass is 10.1. The van der Waals surface area contributed by atoms with Crippen LogP contribution < -0.4 is 10.1 Å². The maximum Gasteiger partial charge on any atom is 0.317 e. The van der Waals surface area contributed by atoms with Gasteiger partial charge in [0.15, 0.2) is 0 Å². The molecule has 0 aliphatic carbocycles. The number of rotatable bonds is 8. The van der Waals surface area contributed by atoms with E-state index >= 15 is 0 Å². The van der Waals surface area contributed by atoms with E-state index in [1.165, 1.54) is 0 Å². The molecule has 0 heterocycles. The molecule has 1 unspecified atom stereocenters. The molecule has 1 N–H and O–H groups in total. The molecule has 0 radical (unpaired) electrons. The number of nitrogens with zero attached hydrogens (tertiary/aromatic N) is 2. The molecule has 0 aliphatic heterocycles. The molecule has 1 aromatic carbocycles. The van der Waals surface area contributed by atoms with Crippen LogP contribution in [0.15, 0.2) is 24.3 Å². The van der Waals surface area contributed by atoms with Gasteiger partial charge >= 0.3 is 6.03 Å². The van der Waals surface area contributed by atoms with Crippen LogP contribution in [0.25, 0.3) is 0 Å². The molecule has 22 heavy (non-hydrogen) atoms. The minimum absolute atomic E-state index is 0.0113. The molecule has 2 amide bonds. The van der Waals surface area contributed by atoms with Gasteiger partial charge in [0.05, 0.1) is 12.6 Å². The molecular formula is C17H29N3O2. The fourth-order valence-electron chi connectivity index (χ4n) is 2.36. The fourth-order valence-corrected chi connectivity index (χ4v) is 2.36.